The van der Waals surface area contributed by atoms with Crippen molar-refractivity contribution in [1.82, 2.24) is 10.6 Å². The highest BCUT2D eigenvalue weighted by molar-refractivity contribution is 5.85. The van der Waals surface area contributed by atoms with E-state index < -0.39 is 0 Å². The summed E-state index contributed by atoms with van der Waals surface area (Å²) < 4.78 is 10.8. The average molecular weight is 301 g/mol. The fraction of sp³-hybridized carbons (Fsp3) is 0.500. The number of benzene rings is 1. The molecule has 0 fully saturated rings. The quantitative estimate of drug-likeness (QED) is 0.797. The molecule has 6 heteroatoms. The summed E-state index contributed by atoms with van der Waals surface area (Å²) in [5, 5.41) is 5.89. The average Bonchev–Trinajstić information content (AvgIpc) is 2.46. The SMILES string of the molecule is CNCCNC(=O)C1COc2ccc(OC)cc2C1.Cl. The van der Waals surface area contributed by atoms with Gasteiger partial charge in [-0.1, -0.05) is 0 Å². The molecule has 2 rings (SSSR count). The van der Waals surface area contributed by atoms with Gasteiger partial charge in [0.1, 0.15) is 18.1 Å². The van der Waals surface area contributed by atoms with Crippen LogP contribution in [0, 0.1) is 5.92 Å². The van der Waals surface area contributed by atoms with E-state index >= 15 is 0 Å². The summed E-state index contributed by atoms with van der Waals surface area (Å²) in [6.07, 6.45) is 0.692. The van der Waals surface area contributed by atoms with Crippen molar-refractivity contribution in [1.29, 1.82) is 0 Å². The first-order chi connectivity index (χ1) is 9.24. The van der Waals surface area contributed by atoms with Crippen LogP contribution in [0.4, 0.5) is 0 Å². The third-order valence-electron chi connectivity index (χ3n) is 3.22. The number of nitrogens with one attached hydrogen (secondary N) is 2. The highest BCUT2D eigenvalue weighted by Crippen LogP contribution is 2.30. The molecule has 1 atom stereocenters. The van der Waals surface area contributed by atoms with E-state index in [1.54, 1.807) is 7.11 Å². The fourth-order valence-electron chi connectivity index (χ4n) is 2.12. The van der Waals surface area contributed by atoms with Crippen LogP contribution in [0.25, 0.3) is 0 Å². The molecule has 1 aromatic rings. The van der Waals surface area contributed by atoms with Gasteiger partial charge in [0, 0.05) is 13.1 Å². The summed E-state index contributed by atoms with van der Waals surface area (Å²) in [7, 11) is 3.49. The van der Waals surface area contributed by atoms with E-state index in [-0.39, 0.29) is 24.2 Å². The van der Waals surface area contributed by atoms with Gasteiger partial charge in [0.25, 0.3) is 0 Å². The van der Waals surface area contributed by atoms with Crippen LogP contribution >= 0.6 is 12.4 Å². The van der Waals surface area contributed by atoms with Gasteiger partial charge in [0.15, 0.2) is 0 Å². The van der Waals surface area contributed by atoms with Crippen molar-refractivity contribution in [3.63, 3.8) is 0 Å². The van der Waals surface area contributed by atoms with E-state index in [2.05, 4.69) is 10.6 Å². The predicted molar refractivity (Wildman–Crippen MR) is 79.9 cm³/mol. The lowest BCUT2D eigenvalue weighted by atomic mass is 9.96. The lowest BCUT2D eigenvalue weighted by Gasteiger charge is -2.25. The second-order valence-electron chi connectivity index (χ2n) is 4.58. The van der Waals surface area contributed by atoms with Gasteiger partial charge in [0.2, 0.25) is 5.91 Å². The van der Waals surface area contributed by atoms with Gasteiger partial charge in [-0.15, -0.1) is 12.4 Å². The number of halogens is 1. The Morgan fingerprint density at radius 1 is 1.45 bits per heavy atom. The van der Waals surface area contributed by atoms with Crippen LogP contribution in [0.1, 0.15) is 5.56 Å². The van der Waals surface area contributed by atoms with E-state index in [0.29, 0.717) is 19.6 Å². The predicted octanol–water partition coefficient (Wildman–Crippen LogP) is 1.00. The van der Waals surface area contributed by atoms with Crippen molar-refractivity contribution in [2.45, 2.75) is 6.42 Å². The summed E-state index contributed by atoms with van der Waals surface area (Å²) >= 11 is 0. The van der Waals surface area contributed by atoms with Gasteiger partial charge < -0.3 is 20.1 Å². The minimum Gasteiger partial charge on any atom is -0.497 e. The first kappa shape index (κ1) is 16.6. The number of hydrogen-bond donors (Lipinski definition) is 2. The molecule has 1 unspecified atom stereocenters. The van der Waals surface area contributed by atoms with Crippen LogP contribution in [0.15, 0.2) is 18.2 Å². The number of methoxy groups -OCH3 is 1. The molecule has 2 N–H and O–H groups in total. The molecule has 0 radical (unpaired) electrons. The van der Waals surface area contributed by atoms with Crippen LogP contribution in [0.3, 0.4) is 0 Å². The fourth-order valence-corrected chi connectivity index (χ4v) is 2.12. The number of rotatable bonds is 5. The minimum absolute atomic E-state index is 0. The van der Waals surface area contributed by atoms with Crippen molar-refractivity contribution in [3.8, 4) is 11.5 Å². The molecule has 112 valence electrons. The zero-order valence-electron chi connectivity index (χ0n) is 11.8. The van der Waals surface area contributed by atoms with Gasteiger partial charge in [-0.25, -0.2) is 0 Å². The number of likely N-dealkylation sites (N-methyl/N-ethyl adjacent to an activating group) is 1. The maximum absolute atomic E-state index is 12.0. The maximum atomic E-state index is 12.0. The number of amides is 1. The van der Waals surface area contributed by atoms with Crippen molar-refractivity contribution < 1.29 is 14.3 Å². The van der Waals surface area contributed by atoms with Crippen LogP contribution in [0.2, 0.25) is 0 Å². The molecule has 1 aliphatic rings. The normalized spacial score (nSPS) is 16.4. The molecule has 1 aromatic carbocycles. The minimum atomic E-state index is -0.128. The van der Waals surface area contributed by atoms with Gasteiger partial charge in [0.05, 0.1) is 13.0 Å². The number of hydrogen-bond acceptors (Lipinski definition) is 4. The Morgan fingerprint density at radius 3 is 2.95 bits per heavy atom. The third kappa shape index (κ3) is 4.02. The molecule has 0 aliphatic carbocycles. The van der Waals surface area contributed by atoms with E-state index in [0.717, 1.165) is 23.6 Å². The van der Waals surface area contributed by atoms with E-state index in [4.69, 9.17) is 9.47 Å². The molecular formula is C14H21ClN2O3. The lowest BCUT2D eigenvalue weighted by molar-refractivity contribution is -0.126. The smallest absolute Gasteiger partial charge is 0.226 e. The van der Waals surface area contributed by atoms with Crippen molar-refractivity contribution >= 4 is 18.3 Å². The Hall–Kier alpha value is -1.46. The van der Waals surface area contributed by atoms with Crippen LogP contribution in [0.5, 0.6) is 11.5 Å². The molecule has 1 aliphatic heterocycles. The molecule has 5 nitrogen and oxygen atoms in total. The van der Waals surface area contributed by atoms with Gasteiger partial charge in [-0.2, -0.15) is 0 Å². The molecular weight excluding hydrogens is 280 g/mol. The topological polar surface area (TPSA) is 59.6 Å². The molecule has 0 aromatic heterocycles. The number of ether oxygens (including phenoxy) is 2. The second kappa shape index (κ2) is 7.97. The Labute approximate surface area is 125 Å². The Balaban J connectivity index is 0.00000200. The Kier molecular flexibility index (Phi) is 6.61. The molecule has 1 amide bonds. The second-order valence-corrected chi connectivity index (χ2v) is 4.58. The molecule has 0 saturated carbocycles. The summed E-state index contributed by atoms with van der Waals surface area (Å²) in [5.41, 5.74) is 1.03. The summed E-state index contributed by atoms with van der Waals surface area (Å²) in [5.74, 6) is 1.55. The van der Waals surface area contributed by atoms with Gasteiger partial charge in [-0.05, 0) is 37.2 Å². The van der Waals surface area contributed by atoms with Crippen molar-refractivity contribution in [2.75, 3.05) is 33.9 Å². The number of carbonyl (C=O) groups excluding carboxylic acids is 1. The lowest BCUT2D eigenvalue weighted by Crippen LogP contribution is -2.39. The summed E-state index contributed by atoms with van der Waals surface area (Å²) in [4.78, 5) is 12.0. The largest absolute Gasteiger partial charge is 0.497 e. The molecule has 1 heterocycles. The molecule has 0 saturated heterocycles. The summed E-state index contributed by atoms with van der Waals surface area (Å²) in [6, 6.07) is 5.69. The molecule has 20 heavy (non-hydrogen) atoms. The maximum Gasteiger partial charge on any atom is 0.226 e. The van der Waals surface area contributed by atoms with Crippen LogP contribution in [-0.2, 0) is 11.2 Å². The monoisotopic (exact) mass is 300 g/mol. The van der Waals surface area contributed by atoms with Crippen molar-refractivity contribution in [3.05, 3.63) is 23.8 Å². The third-order valence-corrected chi connectivity index (χ3v) is 3.22. The van der Waals surface area contributed by atoms with E-state index in [1.165, 1.54) is 0 Å². The first-order valence-electron chi connectivity index (χ1n) is 6.46. The molecule has 0 bridgehead atoms. The van der Waals surface area contributed by atoms with Crippen LogP contribution < -0.4 is 20.1 Å². The Bertz CT molecular complexity index is 454. The highest BCUT2D eigenvalue weighted by Gasteiger charge is 2.25. The van der Waals surface area contributed by atoms with Crippen molar-refractivity contribution in [2.24, 2.45) is 5.92 Å². The first-order valence-corrected chi connectivity index (χ1v) is 6.46. The number of fused-ring (bicyclic) bond motifs is 1. The van der Waals surface area contributed by atoms with Gasteiger partial charge in [-0.3, -0.25) is 4.79 Å². The van der Waals surface area contributed by atoms with E-state index in [9.17, 15) is 4.79 Å². The standard InChI is InChI=1S/C14H20N2O3.ClH/c1-15-5-6-16-14(17)11-7-10-8-12(18-2)3-4-13(10)19-9-11;/h3-4,8,11,15H,5-7,9H2,1-2H3,(H,16,17);1H. The zero-order chi connectivity index (χ0) is 13.7. The Morgan fingerprint density at radius 2 is 2.25 bits per heavy atom. The van der Waals surface area contributed by atoms with E-state index in [1.807, 2.05) is 25.2 Å². The highest BCUT2D eigenvalue weighted by atomic mass is 35.5. The van der Waals surface area contributed by atoms with Gasteiger partial charge >= 0.3 is 0 Å². The van der Waals surface area contributed by atoms with Crippen LogP contribution in [-0.4, -0.2) is 39.8 Å². The number of carbonyl (C=O) groups is 1. The summed E-state index contributed by atoms with van der Waals surface area (Å²) in [6.45, 7) is 1.84. The zero-order valence-corrected chi connectivity index (χ0v) is 12.6. The molecule has 0 spiro atoms.